The van der Waals surface area contributed by atoms with Crippen molar-refractivity contribution in [2.75, 3.05) is 0 Å². The summed E-state index contributed by atoms with van der Waals surface area (Å²) in [4.78, 5) is 14.9. The van der Waals surface area contributed by atoms with E-state index in [4.69, 9.17) is 5.11 Å². The van der Waals surface area contributed by atoms with Gasteiger partial charge in [-0.1, -0.05) is 20.8 Å². The van der Waals surface area contributed by atoms with E-state index in [0.29, 0.717) is 6.42 Å². The predicted octanol–water partition coefficient (Wildman–Crippen LogP) is 1.73. The maximum Gasteiger partial charge on any atom is 0.303 e. The Balaban J connectivity index is 2.82. The van der Waals surface area contributed by atoms with Gasteiger partial charge in [-0.05, 0) is 0 Å². The lowest BCUT2D eigenvalue weighted by Crippen LogP contribution is -2.17. The van der Waals surface area contributed by atoms with Gasteiger partial charge in [-0.3, -0.25) is 4.79 Å². The van der Waals surface area contributed by atoms with E-state index in [2.05, 4.69) is 25.8 Å². The molecule has 1 heterocycles. The van der Waals surface area contributed by atoms with Gasteiger partial charge in [0.2, 0.25) is 0 Å². The molecule has 0 saturated carbocycles. The molecule has 1 N–H and O–H groups in total. The fraction of sp³-hybridized carbons (Fsp3) is 0.636. The zero-order valence-corrected chi connectivity index (χ0v) is 9.74. The SMILES string of the molecule is Cn1cc(CCC(=O)O)nc1C(C)(C)C. The highest BCUT2D eigenvalue weighted by atomic mass is 16.4. The average Bonchev–Trinajstić information content (AvgIpc) is 2.42. The van der Waals surface area contributed by atoms with Gasteiger partial charge in [0.1, 0.15) is 5.82 Å². The van der Waals surface area contributed by atoms with Crippen molar-refractivity contribution < 1.29 is 9.90 Å². The first-order chi connectivity index (χ1) is 6.80. The number of aliphatic carboxylic acids is 1. The van der Waals surface area contributed by atoms with E-state index in [9.17, 15) is 4.79 Å². The molecule has 0 radical (unpaired) electrons. The molecule has 0 aromatic carbocycles. The molecule has 0 bridgehead atoms. The number of aryl methyl sites for hydroxylation is 2. The molecule has 1 aromatic heterocycles. The van der Waals surface area contributed by atoms with Crippen LogP contribution >= 0.6 is 0 Å². The number of carboxylic acid groups (broad SMARTS) is 1. The Labute approximate surface area is 89.9 Å². The van der Waals surface area contributed by atoms with Gasteiger partial charge in [0.25, 0.3) is 0 Å². The van der Waals surface area contributed by atoms with Crippen molar-refractivity contribution in [3.05, 3.63) is 17.7 Å². The van der Waals surface area contributed by atoms with Gasteiger partial charge in [0, 0.05) is 25.1 Å². The standard InChI is InChI=1S/C11H18N2O2/c1-11(2,3)10-12-8(7-13(10)4)5-6-9(14)15/h7H,5-6H2,1-4H3,(H,14,15). The van der Waals surface area contributed by atoms with Crippen LogP contribution < -0.4 is 0 Å². The van der Waals surface area contributed by atoms with Crippen LogP contribution in [0.3, 0.4) is 0 Å². The van der Waals surface area contributed by atoms with Gasteiger partial charge in [0.05, 0.1) is 12.1 Å². The molecule has 1 aromatic rings. The van der Waals surface area contributed by atoms with E-state index in [-0.39, 0.29) is 11.8 Å². The number of carbonyl (C=O) groups is 1. The van der Waals surface area contributed by atoms with Crippen LogP contribution in [0, 0.1) is 0 Å². The van der Waals surface area contributed by atoms with Gasteiger partial charge >= 0.3 is 5.97 Å². The van der Waals surface area contributed by atoms with Crippen molar-refractivity contribution in [2.45, 2.75) is 39.0 Å². The zero-order valence-electron chi connectivity index (χ0n) is 9.74. The summed E-state index contributed by atoms with van der Waals surface area (Å²) in [6.07, 6.45) is 2.55. The number of aromatic nitrogens is 2. The molecule has 0 spiro atoms. The van der Waals surface area contributed by atoms with Gasteiger partial charge < -0.3 is 9.67 Å². The van der Waals surface area contributed by atoms with E-state index in [1.165, 1.54) is 0 Å². The molecule has 0 aliphatic rings. The normalized spacial score (nSPS) is 11.7. The summed E-state index contributed by atoms with van der Waals surface area (Å²) in [5.74, 6) is 0.209. The minimum Gasteiger partial charge on any atom is -0.481 e. The molecular weight excluding hydrogens is 192 g/mol. The van der Waals surface area contributed by atoms with E-state index in [0.717, 1.165) is 11.5 Å². The molecule has 84 valence electrons. The van der Waals surface area contributed by atoms with Crippen LogP contribution in [-0.4, -0.2) is 20.6 Å². The molecule has 0 amide bonds. The van der Waals surface area contributed by atoms with Crippen LogP contribution in [0.2, 0.25) is 0 Å². The highest BCUT2D eigenvalue weighted by Crippen LogP contribution is 2.20. The summed E-state index contributed by atoms with van der Waals surface area (Å²) in [6, 6.07) is 0. The smallest absolute Gasteiger partial charge is 0.303 e. The van der Waals surface area contributed by atoms with E-state index in [1.807, 2.05) is 17.8 Å². The molecule has 0 unspecified atom stereocenters. The Bertz CT molecular complexity index is 361. The summed E-state index contributed by atoms with van der Waals surface area (Å²) < 4.78 is 1.97. The van der Waals surface area contributed by atoms with Crippen molar-refractivity contribution in [2.24, 2.45) is 7.05 Å². The second kappa shape index (κ2) is 4.04. The van der Waals surface area contributed by atoms with Gasteiger partial charge in [-0.25, -0.2) is 4.98 Å². The minimum atomic E-state index is -0.780. The Hall–Kier alpha value is -1.32. The number of hydrogen-bond donors (Lipinski definition) is 1. The molecule has 1 rings (SSSR count). The van der Waals surface area contributed by atoms with E-state index < -0.39 is 5.97 Å². The maximum absolute atomic E-state index is 10.4. The molecule has 15 heavy (non-hydrogen) atoms. The summed E-state index contributed by atoms with van der Waals surface area (Å²) in [5.41, 5.74) is 0.848. The fourth-order valence-corrected chi connectivity index (χ4v) is 1.58. The first kappa shape index (κ1) is 11.8. The molecule has 0 fully saturated rings. The molecule has 0 aliphatic heterocycles. The van der Waals surface area contributed by atoms with Gasteiger partial charge in [0.15, 0.2) is 0 Å². The molecule has 4 heteroatoms. The zero-order chi connectivity index (χ0) is 11.6. The average molecular weight is 210 g/mol. The molecule has 0 aliphatic carbocycles. The third kappa shape index (κ3) is 3.08. The summed E-state index contributed by atoms with van der Waals surface area (Å²) in [5, 5.41) is 8.58. The molecule has 0 atom stereocenters. The van der Waals surface area contributed by atoms with E-state index >= 15 is 0 Å². The number of hydrogen-bond acceptors (Lipinski definition) is 2. The van der Waals surface area contributed by atoms with Gasteiger partial charge in [-0.2, -0.15) is 0 Å². The Morgan fingerprint density at radius 1 is 1.53 bits per heavy atom. The summed E-state index contributed by atoms with van der Waals surface area (Å²) in [6.45, 7) is 6.28. The van der Waals surface area contributed by atoms with Crippen LogP contribution in [0.5, 0.6) is 0 Å². The lowest BCUT2D eigenvalue weighted by Gasteiger charge is -2.17. The lowest BCUT2D eigenvalue weighted by atomic mass is 9.96. The third-order valence-corrected chi connectivity index (χ3v) is 2.19. The van der Waals surface area contributed by atoms with Crippen molar-refractivity contribution in [3.63, 3.8) is 0 Å². The Morgan fingerprint density at radius 2 is 2.13 bits per heavy atom. The van der Waals surface area contributed by atoms with Crippen LogP contribution in [0.1, 0.15) is 38.7 Å². The second-order valence-electron chi connectivity index (χ2n) is 4.81. The van der Waals surface area contributed by atoms with Crippen molar-refractivity contribution >= 4 is 5.97 Å². The third-order valence-electron chi connectivity index (χ3n) is 2.19. The summed E-state index contributed by atoms with van der Waals surface area (Å²) in [7, 11) is 1.94. The second-order valence-corrected chi connectivity index (χ2v) is 4.81. The van der Waals surface area contributed by atoms with E-state index in [1.54, 1.807) is 0 Å². The van der Waals surface area contributed by atoms with Crippen molar-refractivity contribution in [1.82, 2.24) is 9.55 Å². The van der Waals surface area contributed by atoms with Gasteiger partial charge in [-0.15, -0.1) is 0 Å². The fourth-order valence-electron chi connectivity index (χ4n) is 1.58. The predicted molar refractivity (Wildman–Crippen MR) is 57.9 cm³/mol. The highest BCUT2D eigenvalue weighted by Gasteiger charge is 2.20. The number of carboxylic acids is 1. The van der Waals surface area contributed by atoms with Crippen molar-refractivity contribution in [3.8, 4) is 0 Å². The monoisotopic (exact) mass is 210 g/mol. The minimum absolute atomic E-state index is 0.00375. The van der Waals surface area contributed by atoms with Crippen LogP contribution in [0.4, 0.5) is 0 Å². The number of nitrogens with zero attached hydrogens (tertiary/aromatic N) is 2. The summed E-state index contributed by atoms with van der Waals surface area (Å²) >= 11 is 0. The Morgan fingerprint density at radius 3 is 2.53 bits per heavy atom. The molecule has 0 saturated heterocycles. The molecular formula is C11H18N2O2. The maximum atomic E-state index is 10.4. The largest absolute Gasteiger partial charge is 0.481 e. The lowest BCUT2D eigenvalue weighted by molar-refractivity contribution is -0.136. The van der Waals surface area contributed by atoms with Crippen LogP contribution in [0.15, 0.2) is 6.20 Å². The Kier molecular flexibility index (Phi) is 3.17. The topological polar surface area (TPSA) is 55.1 Å². The van der Waals surface area contributed by atoms with Crippen molar-refractivity contribution in [1.29, 1.82) is 0 Å². The number of imidazole rings is 1. The first-order valence-corrected chi connectivity index (χ1v) is 5.05. The molecule has 4 nitrogen and oxygen atoms in total. The van der Waals surface area contributed by atoms with Crippen LogP contribution in [0.25, 0.3) is 0 Å². The quantitative estimate of drug-likeness (QED) is 0.826. The number of rotatable bonds is 3. The first-order valence-electron chi connectivity index (χ1n) is 5.05. The highest BCUT2D eigenvalue weighted by molar-refractivity contribution is 5.66. The van der Waals surface area contributed by atoms with Crippen LogP contribution in [-0.2, 0) is 23.7 Å².